The van der Waals surface area contributed by atoms with Crippen molar-refractivity contribution in [2.75, 3.05) is 13.2 Å². The lowest BCUT2D eigenvalue weighted by atomic mass is 9.91. The largest absolute Gasteiger partial charge is 0.494 e. The summed E-state index contributed by atoms with van der Waals surface area (Å²) in [6.07, 6.45) is 3.76. The predicted molar refractivity (Wildman–Crippen MR) is 188 cm³/mol. The lowest BCUT2D eigenvalue weighted by Gasteiger charge is -2.32. The van der Waals surface area contributed by atoms with E-state index in [0.29, 0.717) is 35.8 Å². The molecule has 9 nitrogen and oxygen atoms in total. The first-order valence-electron chi connectivity index (χ1n) is 17.2. The fourth-order valence-electron chi connectivity index (χ4n) is 6.40. The molecule has 0 aliphatic carbocycles. The van der Waals surface area contributed by atoms with Gasteiger partial charge in [0.25, 0.3) is 23.6 Å². The second-order valence-electron chi connectivity index (χ2n) is 12.6. The van der Waals surface area contributed by atoms with Crippen LogP contribution in [0.25, 0.3) is 0 Å². The van der Waals surface area contributed by atoms with Gasteiger partial charge < -0.3 is 9.47 Å². The Morgan fingerprint density at radius 3 is 1.14 bits per heavy atom. The summed E-state index contributed by atoms with van der Waals surface area (Å²) >= 11 is 0. The number of nitrogens with zero attached hydrogens (tertiary/aromatic N) is 2. The molecular formula is C41H40N2O7. The van der Waals surface area contributed by atoms with Crippen molar-refractivity contribution in [1.29, 1.82) is 0 Å². The van der Waals surface area contributed by atoms with Gasteiger partial charge in [-0.2, -0.15) is 0 Å². The monoisotopic (exact) mass is 672 g/mol. The Hall–Kier alpha value is -5.57. The molecule has 0 aromatic heterocycles. The maximum atomic E-state index is 15.1. The molecule has 2 aliphatic rings. The standard InChI is InChI=1S/C41H40N2O7/c1-3-5-23-49-29-19-15-27(16-20-29)25-35(42-38(45)31-11-7-8-12-32(31)39(42)46)37(44)36(26-28-17-21-30(22-18-28)50-24-6-4-2)43-40(47)33-13-9-10-14-34(33)41(43)48/h7-22,35-36H,3-6,23-26H2,1-2H3/t35-,36-/m0/s1. The molecule has 2 atom stereocenters. The van der Waals surface area contributed by atoms with Crippen LogP contribution in [0.1, 0.15) is 92.1 Å². The fraction of sp³-hybridized carbons (Fsp3) is 0.293. The first-order chi connectivity index (χ1) is 24.3. The first kappa shape index (κ1) is 34.3. The minimum atomic E-state index is -1.32. The van der Waals surface area contributed by atoms with Crippen LogP contribution in [0.5, 0.6) is 11.5 Å². The van der Waals surface area contributed by atoms with Crippen molar-refractivity contribution < 1.29 is 33.4 Å². The number of unbranched alkanes of at least 4 members (excludes halogenated alkanes) is 2. The molecule has 0 fully saturated rings. The lowest BCUT2D eigenvalue weighted by Crippen LogP contribution is -2.56. The summed E-state index contributed by atoms with van der Waals surface area (Å²) in [5.74, 6) is -1.66. The zero-order chi connectivity index (χ0) is 35.2. The van der Waals surface area contributed by atoms with E-state index in [1.54, 1.807) is 97.1 Å². The van der Waals surface area contributed by atoms with Gasteiger partial charge in [-0.3, -0.25) is 33.8 Å². The molecule has 4 aromatic carbocycles. The van der Waals surface area contributed by atoms with Crippen LogP contribution >= 0.6 is 0 Å². The Morgan fingerprint density at radius 1 is 0.520 bits per heavy atom. The predicted octanol–water partition coefficient (Wildman–Crippen LogP) is 6.73. The fourth-order valence-corrected chi connectivity index (χ4v) is 6.40. The van der Waals surface area contributed by atoms with E-state index in [9.17, 15) is 19.2 Å². The highest BCUT2D eigenvalue weighted by Gasteiger charge is 2.49. The van der Waals surface area contributed by atoms with Gasteiger partial charge in [0.05, 0.1) is 35.5 Å². The molecule has 0 bridgehead atoms. The maximum absolute atomic E-state index is 15.1. The number of fused-ring (bicyclic) bond motifs is 2. The second-order valence-corrected chi connectivity index (χ2v) is 12.6. The van der Waals surface area contributed by atoms with Crippen LogP contribution in [0.2, 0.25) is 0 Å². The van der Waals surface area contributed by atoms with Gasteiger partial charge in [0.1, 0.15) is 23.6 Å². The SMILES string of the molecule is CCCCOc1ccc(C[C@@H](C(=O)[C@H](Cc2ccc(OCCCC)cc2)N2C(=O)c3ccccc3C2=O)N2C(=O)c3ccccc3C2=O)cc1. The van der Waals surface area contributed by atoms with Crippen molar-refractivity contribution in [3.63, 3.8) is 0 Å². The number of amides is 4. The molecule has 4 aromatic rings. The molecule has 50 heavy (non-hydrogen) atoms. The van der Waals surface area contributed by atoms with Crippen molar-refractivity contribution in [2.45, 2.75) is 64.5 Å². The summed E-state index contributed by atoms with van der Waals surface area (Å²) in [5.41, 5.74) is 2.16. The Kier molecular flexibility index (Phi) is 10.5. The van der Waals surface area contributed by atoms with E-state index < -0.39 is 41.5 Å². The number of hydrogen-bond donors (Lipinski definition) is 0. The Morgan fingerprint density at radius 2 is 0.840 bits per heavy atom. The van der Waals surface area contributed by atoms with Crippen molar-refractivity contribution in [2.24, 2.45) is 0 Å². The molecule has 0 N–H and O–H groups in total. The third-order valence-electron chi connectivity index (χ3n) is 9.17. The van der Waals surface area contributed by atoms with E-state index in [1.165, 1.54) is 0 Å². The molecule has 6 rings (SSSR count). The van der Waals surface area contributed by atoms with E-state index >= 15 is 4.79 Å². The van der Waals surface area contributed by atoms with Crippen molar-refractivity contribution in [1.82, 2.24) is 9.80 Å². The van der Waals surface area contributed by atoms with Crippen LogP contribution in [0.15, 0.2) is 97.1 Å². The molecule has 0 saturated heterocycles. The molecule has 9 heteroatoms. The summed E-state index contributed by atoms with van der Waals surface area (Å²) in [4.78, 5) is 72.5. The van der Waals surface area contributed by atoms with Gasteiger partial charge in [0.15, 0.2) is 5.78 Å². The number of ketones is 1. The number of ether oxygens (including phenoxy) is 2. The molecule has 2 heterocycles. The first-order valence-corrected chi connectivity index (χ1v) is 17.2. The summed E-state index contributed by atoms with van der Waals surface area (Å²) in [5, 5.41) is 0. The van der Waals surface area contributed by atoms with Gasteiger partial charge in [0, 0.05) is 12.8 Å². The van der Waals surface area contributed by atoms with Crippen LogP contribution in [0.4, 0.5) is 0 Å². The van der Waals surface area contributed by atoms with Crippen LogP contribution < -0.4 is 9.47 Å². The molecule has 0 unspecified atom stereocenters. The zero-order valence-corrected chi connectivity index (χ0v) is 28.3. The van der Waals surface area contributed by atoms with E-state index in [2.05, 4.69) is 13.8 Å². The Bertz CT molecular complexity index is 1690. The number of Topliss-reactive ketones (excluding diaryl/α,β-unsaturated/α-hetero) is 1. The summed E-state index contributed by atoms with van der Waals surface area (Å²) in [7, 11) is 0. The van der Waals surface area contributed by atoms with Gasteiger partial charge in [0.2, 0.25) is 0 Å². The van der Waals surface area contributed by atoms with E-state index in [0.717, 1.165) is 35.5 Å². The Labute approximate surface area is 291 Å². The highest BCUT2D eigenvalue weighted by molar-refractivity contribution is 6.25. The van der Waals surface area contributed by atoms with E-state index in [-0.39, 0.29) is 35.1 Å². The minimum absolute atomic E-state index is 0.0244. The molecule has 4 amide bonds. The normalized spacial score (nSPS) is 14.8. The smallest absolute Gasteiger partial charge is 0.262 e. The average Bonchev–Trinajstić information content (AvgIpc) is 3.54. The average molecular weight is 673 g/mol. The van der Waals surface area contributed by atoms with Crippen LogP contribution in [-0.4, -0.2) is 64.5 Å². The van der Waals surface area contributed by atoms with Crippen LogP contribution in [0.3, 0.4) is 0 Å². The molecular weight excluding hydrogens is 632 g/mol. The van der Waals surface area contributed by atoms with Gasteiger partial charge in [-0.05, 0) is 72.5 Å². The van der Waals surface area contributed by atoms with Crippen LogP contribution in [-0.2, 0) is 17.6 Å². The molecule has 0 spiro atoms. The lowest BCUT2D eigenvalue weighted by molar-refractivity contribution is -0.126. The Balaban J connectivity index is 1.38. The molecule has 0 radical (unpaired) electrons. The number of rotatable bonds is 16. The van der Waals surface area contributed by atoms with E-state index in [4.69, 9.17) is 9.47 Å². The third kappa shape index (κ3) is 6.94. The number of carbonyl (C=O) groups excluding carboxylic acids is 5. The number of hydrogen-bond acceptors (Lipinski definition) is 7. The molecule has 2 aliphatic heterocycles. The topological polar surface area (TPSA) is 110 Å². The van der Waals surface area contributed by atoms with Gasteiger partial charge in [-0.25, -0.2) is 0 Å². The number of carbonyl (C=O) groups is 5. The quantitative estimate of drug-likeness (QED) is 0.0959. The highest BCUT2D eigenvalue weighted by atomic mass is 16.5. The number of imide groups is 2. The summed E-state index contributed by atoms with van der Waals surface area (Å²) in [6.45, 7) is 5.30. The van der Waals surface area contributed by atoms with Crippen molar-refractivity contribution in [3.05, 3.63) is 130 Å². The second kappa shape index (κ2) is 15.3. The zero-order valence-electron chi connectivity index (χ0n) is 28.3. The molecule has 0 saturated carbocycles. The third-order valence-corrected chi connectivity index (χ3v) is 9.17. The van der Waals surface area contributed by atoms with Gasteiger partial charge in [-0.1, -0.05) is 75.2 Å². The maximum Gasteiger partial charge on any atom is 0.262 e. The summed E-state index contributed by atoms with van der Waals surface area (Å²) < 4.78 is 11.6. The molecule has 256 valence electrons. The van der Waals surface area contributed by atoms with E-state index in [1.807, 2.05) is 0 Å². The van der Waals surface area contributed by atoms with Crippen LogP contribution in [0, 0.1) is 0 Å². The van der Waals surface area contributed by atoms with Crippen molar-refractivity contribution in [3.8, 4) is 11.5 Å². The van der Waals surface area contributed by atoms with Crippen molar-refractivity contribution >= 4 is 29.4 Å². The van der Waals surface area contributed by atoms with Gasteiger partial charge >= 0.3 is 0 Å². The minimum Gasteiger partial charge on any atom is -0.494 e. The van der Waals surface area contributed by atoms with Gasteiger partial charge in [-0.15, -0.1) is 0 Å². The number of benzene rings is 4. The summed E-state index contributed by atoms with van der Waals surface area (Å²) in [6, 6.07) is 24.6. The highest BCUT2D eigenvalue weighted by Crippen LogP contribution is 2.32.